The topological polar surface area (TPSA) is 88.9 Å². The van der Waals surface area contributed by atoms with Crippen molar-refractivity contribution in [3.8, 4) is 0 Å². The van der Waals surface area contributed by atoms with Gasteiger partial charge in [0, 0.05) is 48.3 Å². The fraction of sp³-hybridized carbons (Fsp3) is 0.615. The first-order valence-electron chi connectivity index (χ1n) is 12.6. The van der Waals surface area contributed by atoms with Gasteiger partial charge in [0.1, 0.15) is 5.60 Å². The maximum atomic E-state index is 13.3. The highest BCUT2D eigenvalue weighted by Crippen LogP contribution is 2.34. The minimum atomic E-state index is -3.57. The van der Waals surface area contributed by atoms with Crippen LogP contribution in [0, 0.1) is 5.92 Å². The van der Waals surface area contributed by atoms with Gasteiger partial charge in [0.25, 0.3) is 5.91 Å². The number of hydrogen-bond donors (Lipinski definition) is 0. The average Bonchev–Trinajstić information content (AvgIpc) is 3.11. The number of likely N-dealkylation sites (tertiary alicyclic amines) is 1. The summed E-state index contributed by atoms with van der Waals surface area (Å²) in [6, 6.07) is 5.29. The minimum Gasteiger partial charge on any atom is -0.444 e. The van der Waals surface area contributed by atoms with Crippen LogP contribution in [0.5, 0.6) is 0 Å². The number of piperidine rings is 1. The Bertz CT molecular complexity index is 1230. The van der Waals surface area contributed by atoms with Gasteiger partial charge in [-0.25, -0.2) is 17.2 Å². The number of hydrogen-bond acceptors (Lipinski definition) is 5. The summed E-state index contributed by atoms with van der Waals surface area (Å²) in [5, 5.41) is 0.712. The van der Waals surface area contributed by atoms with Gasteiger partial charge >= 0.3 is 6.09 Å². The van der Waals surface area contributed by atoms with Gasteiger partial charge in [0.15, 0.2) is 0 Å². The van der Waals surface area contributed by atoms with Crippen molar-refractivity contribution in [2.45, 2.75) is 72.4 Å². The molecule has 2 aliphatic rings. The van der Waals surface area contributed by atoms with Crippen molar-refractivity contribution in [1.29, 1.82) is 0 Å². The van der Waals surface area contributed by atoms with Gasteiger partial charge in [-0.1, -0.05) is 13.8 Å². The maximum absolute atomic E-state index is 13.3. The Morgan fingerprint density at radius 3 is 2.40 bits per heavy atom. The van der Waals surface area contributed by atoms with Crippen molar-refractivity contribution in [3.05, 3.63) is 35.0 Å². The Morgan fingerprint density at radius 1 is 1.09 bits per heavy atom. The Kier molecular flexibility index (Phi) is 6.92. The normalized spacial score (nSPS) is 17.5. The zero-order valence-corrected chi connectivity index (χ0v) is 22.3. The van der Waals surface area contributed by atoms with Crippen molar-refractivity contribution < 1.29 is 22.7 Å². The average molecular weight is 504 g/mol. The lowest BCUT2D eigenvalue weighted by atomic mass is 9.98. The number of amides is 2. The molecule has 2 aromatic rings. The molecule has 0 spiro atoms. The SMILES string of the molecule is CCCS(=O)(=O)n1c2c(c3cc(C(=O)N4CCC(C)CC4)ccc31)CN(C(=O)OC(C)(C)C)CC2. The van der Waals surface area contributed by atoms with Crippen LogP contribution in [0.3, 0.4) is 0 Å². The highest BCUT2D eigenvalue weighted by Gasteiger charge is 2.33. The number of aromatic nitrogens is 1. The summed E-state index contributed by atoms with van der Waals surface area (Å²) in [5.74, 6) is 0.618. The van der Waals surface area contributed by atoms with Gasteiger partial charge in [-0.05, 0) is 64.2 Å². The number of benzene rings is 1. The minimum absolute atomic E-state index is 0.0310. The van der Waals surface area contributed by atoms with Crippen LogP contribution in [0.1, 0.15) is 75.5 Å². The van der Waals surface area contributed by atoms with Gasteiger partial charge in [-0.2, -0.15) is 0 Å². The first-order chi connectivity index (χ1) is 16.4. The van der Waals surface area contributed by atoms with E-state index in [9.17, 15) is 18.0 Å². The molecule has 0 radical (unpaired) electrons. The summed E-state index contributed by atoms with van der Waals surface area (Å²) in [4.78, 5) is 29.6. The third-order valence-corrected chi connectivity index (χ3v) is 8.71. The first kappa shape index (κ1) is 25.5. The lowest BCUT2D eigenvalue weighted by Gasteiger charge is -2.31. The van der Waals surface area contributed by atoms with E-state index in [1.165, 1.54) is 3.97 Å². The number of nitrogens with zero attached hydrogens (tertiary/aromatic N) is 3. The molecule has 0 bridgehead atoms. The molecule has 4 rings (SSSR count). The van der Waals surface area contributed by atoms with E-state index >= 15 is 0 Å². The molecule has 1 aromatic carbocycles. The largest absolute Gasteiger partial charge is 0.444 e. The van der Waals surface area contributed by atoms with Crippen molar-refractivity contribution in [2.75, 3.05) is 25.4 Å². The Hall–Kier alpha value is -2.55. The van der Waals surface area contributed by atoms with Crippen LogP contribution in [0.2, 0.25) is 0 Å². The molecule has 2 amide bonds. The molecule has 1 saturated heterocycles. The van der Waals surface area contributed by atoms with Crippen LogP contribution < -0.4 is 0 Å². The van der Waals surface area contributed by atoms with Crippen LogP contribution in [0.15, 0.2) is 18.2 Å². The second-order valence-corrected chi connectivity index (χ2v) is 12.8. The molecule has 9 heteroatoms. The zero-order chi connectivity index (χ0) is 25.5. The molecule has 1 fully saturated rings. The first-order valence-corrected chi connectivity index (χ1v) is 14.2. The molecule has 35 heavy (non-hydrogen) atoms. The van der Waals surface area contributed by atoms with Gasteiger partial charge in [0.2, 0.25) is 10.0 Å². The van der Waals surface area contributed by atoms with E-state index in [1.54, 1.807) is 17.0 Å². The number of carbonyl (C=O) groups is 2. The molecule has 0 atom stereocenters. The highest BCUT2D eigenvalue weighted by atomic mass is 32.2. The van der Waals surface area contributed by atoms with Crippen LogP contribution in [-0.4, -0.2) is 65.2 Å². The molecule has 1 aromatic heterocycles. The van der Waals surface area contributed by atoms with E-state index in [2.05, 4.69) is 6.92 Å². The lowest BCUT2D eigenvalue weighted by molar-refractivity contribution is 0.0224. The Balaban J connectivity index is 1.77. The molecule has 192 valence electrons. The summed E-state index contributed by atoms with van der Waals surface area (Å²) in [5.41, 5.74) is 1.97. The number of fused-ring (bicyclic) bond motifs is 3. The van der Waals surface area contributed by atoms with Gasteiger partial charge < -0.3 is 14.5 Å². The van der Waals surface area contributed by atoms with Crippen molar-refractivity contribution in [3.63, 3.8) is 0 Å². The van der Waals surface area contributed by atoms with E-state index in [0.717, 1.165) is 31.5 Å². The molecule has 3 heterocycles. The lowest BCUT2D eigenvalue weighted by Crippen LogP contribution is -2.40. The van der Waals surface area contributed by atoms with Crippen LogP contribution in [0.25, 0.3) is 10.9 Å². The zero-order valence-electron chi connectivity index (χ0n) is 21.5. The van der Waals surface area contributed by atoms with Crippen LogP contribution in [0.4, 0.5) is 4.79 Å². The second kappa shape index (κ2) is 9.48. The van der Waals surface area contributed by atoms with E-state index in [0.29, 0.717) is 47.5 Å². The number of ether oxygens (including phenoxy) is 1. The van der Waals surface area contributed by atoms with E-state index in [4.69, 9.17) is 4.74 Å². The summed E-state index contributed by atoms with van der Waals surface area (Å²) in [6.45, 7) is 11.6. The standard InChI is InChI=1S/C26H37N3O5S/c1-6-15-35(32,33)29-22-8-7-19(24(30)27-12-9-18(2)10-13-27)16-20(22)21-17-28(14-11-23(21)29)25(31)34-26(3,4)5/h7-8,16,18H,6,9-15,17H2,1-5H3. The van der Waals surface area contributed by atoms with Crippen LogP contribution in [-0.2, 0) is 27.7 Å². The van der Waals surface area contributed by atoms with Crippen LogP contribution >= 0.6 is 0 Å². The fourth-order valence-corrected chi connectivity index (χ4v) is 6.69. The van der Waals surface area contributed by atoms with Crippen molar-refractivity contribution in [2.24, 2.45) is 5.92 Å². The Morgan fingerprint density at radius 2 is 1.77 bits per heavy atom. The molecular weight excluding hydrogens is 466 g/mol. The predicted molar refractivity (Wildman–Crippen MR) is 136 cm³/mol. The number of carbonyl (C=O) groups excluding carboxylic acids is 2. The summed E-state index contributed by atoms with van der Waals surface area (Å²) in [7, 11) is -3.57. The van der Waals surface area contributed by atoms with E-state index in [-0.39, 0.29) is 18.2 Å². The smallest absolute Gasteiger partial charge is 0.410 e. The third-order valence-electron chi connectivity index (χ3n) is 6.81. The van der Waals surface area contributed by atoms with Gasteiger partial charge in [-0.15, -0.1) is 0 Å². The molecule has 0 aliphatic carbocycles. The number of rotatable bonds is 4. The maximum Gasteiger partial charge on any atom is 0.410 e. The summed E-state index contributed by atoms with van der Waals surface area (Å²) in [6.07, 6.45) is 2.46. The van der Waals surface area contributed by atoms with Crippen molar-refractivity contribution in [1.82, 2.24) is 13.8 Å². The summed E-state index contributed by atoms with van der Waals surface area (Å²) >= 11 is 0. The summed E-state index contributed by atoms with van der Waals surface area (Å²) < 4.78 is 33.5. The Labute approximate surface area is 208 Å². The van der Waals surface area contributed by atoms with Gasteiger partial charge in [0.05, 0.1) is 17.8 Å². The van der Waals surface area contributed by atoms with E-state index in [1.807, 2.05) is 38.7 Å². The third kappa shape index (κ3) is 5.20. The van der Waals surface area contributed by atoms with Crippen molar-refractivity contribution >= 4 is 32.9 Å². The molecular formula is C26H37N3O5S. The molecule has 8 nitrogen and oxygen atoms in total. The molecule has 0 unspecified atom stereocenters. The van der Waals surface area contributed by atoms with Gasteiger partial charge in [-0.3, -0.25) is 4.79 Å². The monoisotopic (exact) mass is 503 g/mol. The fourth-order valence-electron chi connectivity index (χ4n) is 4.99. The quantitative estimate of drug-likeness (QED) is 0.617. The van der Waals surface area contributed by atoms with E-state index < -0.39 is 21.7 Å². The molecule has 0 saturated carbocycles. The molecule has 2 aliphatic heterocycles. The predicted octanol–water partition coefficient (Wildman–Crippen LogP) is 4.39. The second-order valence-electron chi connectivity index (χ2n) is 10.9. The highest BCUT2D eigenvalue weighted by molar-refractivity contribution is 7.90. The molecule has 0 N–H and O–H groups in total.